The summed E-state index contributed by atoms with van der Waals surface area (Å²) in [6.07, 6.45) is 2.20. The number of hydrogen-bond donors (Lipinski definition) is 2. The Bertz CT molecular complexity index is 425. The van der Waals surface area contributed by atoms with Gasteiger partial charge in [-0.15, -0.1) is 0 Å². The molecule has 2 rings (SSSR count). The van der Waals surface area contributed by atoms with E-state index in [2.05, 4.69) is 31.3 Å². The Balaban J connectivity index is 2.35. The van der Waals surface area contributed by atoms with Crippen molar-refractivity contribution in [2.24, 2.45) is 11.7 Å². The fraction of sp³-hybridized carbons (Fsp3) is 0.600. The smallest absolute Gasteiger partial charge is 0.126 e. The highest BCUT2D eigenvalue weighted by Crippen LogP contribution is 2.41. The van der Waals surface area contributed by atoms with Crippen LogP contribution in [0.3, 0.4) is 0 Å². The Kier molecular flexibility index (Phi) is 3.93. The van der Waals surface area contributed by atoms with Gasteiger partial charge in [0.1, 0.15) is 5.75 Å². The molecular weight excluding hydrogens is 224 g/mol. The second-order valence-corrected chi connectivity index (χ2v) is 5.46. The lowest BCUT2D eigenvalue weighted by molar-refractivity contribution is 0.201. The Morgan fingerprint density at radius 3 is 2.50 bits per heavy atom. The van der Waals surface area contributed by atoms with Crippen LogP contribution in [-0.4, -0.2) is 20.2 Å². The summed E-state index contributed by atoms with van der Waals surface area (Å²) in [5, 5.41) is 3.43. The third-order valence-corrected chi connectivity index (χ3v) is 3.98. The highest BCUT2D eigenvalue weighted by molar-refractivity contribution is 5.46. The molecule has 0 aliphatic heterocycles. The van der Waals surface area contributed by atoms with Gasteiger partial charge in [0.15, 0.2) is 0 Å². The highest BCUT2D eigenvalue weighted by atomic mass is 16.5. The van der Waals surface area contributed by atoms with E-state index in [-0.39, 0.29) is 0 Å². The maximum Gasteiger partial charge on any atom is 0.126 e. The zero-order chi connectivity index (χ0) is 13.3. The number of methoxy groups -OCH3 is 1. The summed E-state index contributed by atoms with van der Waals surface area (Å²) < 4.78 is 5.59. The van der Waals surface area contributed by atoms with Crippen molar-refractivity contribution in [2.75, 3.05) is 14.2 Å². The average molecular weight is 248 g/mol. The Labute approximate surface area is 110 Å². The van der Waals surface area contributed by atoms with Gasteiger partial charge >= 0.3 is 0 Å². The zero-order valence-electron chi connectivity index (χ0n) is 11.8. The van der Waals surface area contributed by atoms with Crippen molar-refractivity contribution in [3.63, 3.8) is 0 Å². The lowest BCUT2D eigenvalue weighted by atomic mass is 9.73. The van der Waals surface area contributed by atoms with Gasteiger partial charge in [0.05, 0.1) is 7.11 Å². The van der Waals surface area contributed by atoms with Crippen LogP contribution in [0.25, 0.3) is 0 Å². The van der Waals surface area contributed by atoms with Crippen molar-refractivity contribution in [1.29, 1.82) is 0 Å². The van der Waals surface area contributed by atoms with E-state index in [0.29, 0.717) is 18.0 Å². The summed E-state index contributed by atoms with van der Waals surface area (Å²) in [5.74, 6) is 1.64. The molecule has 1 aliphatic carbocycles. The Morgan fingerprint density at radius 2 is 2.00 bits per heavy atom. The number of ether oxygens (including phenoxy) is 1. The van der Waals surface area contributed by atoms with Gasteiger partial charge in [-0.1, -0.05) is 17.7 Å². The number of aryl methyl sites for hydroxylation is 2. The molecule has 1 saturated carbocycles. The van der Waals surface area contributed by atoms with Crippen molar-refractivity contribution < 1.29 is 4.74 Å². The van der Waals surface area contributed by atoms with Crippen molar-refractivity contribution >= 4 is 0 Å². The molecule has 0 heterocycles. The predicted octanol–water partition coefficient (Wildman–Crippen LogP) is 2.31. The fourth-order valence-corrected chi connectivity index (χ4v) is 3.12. The van der Waals surface area contributed by atoms with Crippen molar-refractivity contribution in [3.8, 4) is 5.75 Å². The second-order valence-electron chi connectivity index (χ2n) is 5.46. The summed E-state index contributed by atoms with van der Waals surface area (Å²) >= 11 is 0. The van der Waals surface area contributed by atoms with Crippen molar-refractivity contribution in [3.05, 3.63) is 28.8 Å². The third-order valence-electron chi connectivity index (χ3n) is 3.98. The van der Waals surface area contributed by atoms with Gasteiger partial charge in [-0.3, -0.25) is 0 Å². The normalized spacial score (nSPS) is 24.5. The molecule has 0 spiro atoms. The van der Waals surface area contributed by atoms with E-state index < -0.39 is 0 Å². The van der Waals surface area contributed by atoms with Crippen LogP contribution in [0.4, 0.5) is 0 Å². The molecule has 3 heteroatoms. The maximum absolute atomic E-state index is 5.91. The van der Waals surface area contributed by atoms with E-state index in [0.717, 1.165) is 18.6 Å². The van der Waals surface area contributed by atoms with Gasteiger partial charge in [0, 0.05) is 17.6 Å². The molecule has 0 radical (unpaired) electrons. The van der Waals surface area contributed by atoms with Crippen LogP contribution in [-0.2, 0) is 0 Å². The van der Waals surface area contributed by atoms with Gasteiger partial charge in [-0.05, 0) is 45.2 Å². The molecule has 1 aliphatic rings. The Morgan fingerprint density at radius 1 is 1.33 bits per heavy atom. The molecule has 100 valence electrons. The van der Waals surface area contributed by atoms with Crippen molar-refractivity contribution in [2.45, 2.75) is 38.8 Å². The number of hydrogen-bond acceptors (Lipinski definition) is 3. The van der Waals surface area contributed by atoms with Crippen molar-refractivity contribution in [1.82, 2.24) is 5.32 Å². The molecule has 18 heavy (non-hydrogen) atoms. The molecule has 3 N–H and O–H groups in total. The molecule has 1 aromatic rings. The van der Waals surface area contributed by atoms with Crippen LogP contribution in [0.5, 0.6) is 5.75 Å². The SMILES string of the molecule is CNC(c1cc(C)cc(C)c1OC)C1CC(N)C1. The number of nitrogens with two attached hydrogens (primary N) is 1. The van der Waals surface area contributed by atoms with Crippen LogP contribution in [0.2, 0.25) is 0 Å². The molecule has 0 saturated heterocycles. The largest absolute Gasteiger partial charge is 0.496 e. The second kappa shape index (κ2) is 5.29. The van der Waals surface area contributed by atoms with E-state index in [1.165, 1.54) is 16.7 Å². The van der Waals surface area contributed by atoms with Crippen LogP contribution in [0, 0.1) is 19.8 Å². The van der Waals surface area contributed by atoms with Crippen LogP contribution >= 0.6 is 0 Å². The third kappa shape index (κ3) is 2.38. The lowest BCUT2D eigenvalue weighted by Crippen LogP contribution is -2.42. The molecule has 1 atom stereocenters. The minimum atomic E-state index is 0.346. The summed E-state index contributed by atoms with van der Waals surface area (Å²) in [6, 6.07) is 5.12. The Hall–Kier alpha value is -1.06. The molecule has 1 unspecified atom stereocenters. The van der Waals surface area contributed by atoms with Gasteiger partial charge in [0.25, 0.3) is 0 Å². The molecule has 1 aromatic carbocycles. The van der Waals surface area contributed by atoms with Crippen LogP contribution < -0.4 is 15.8 Å². The van der Waals surface area contributed by atoms with Gasteiger partial charge in [-0.2, -0.15) is 0 Å². The summed E-state index contributed by atoms with van der Waals surface area (Å²) in [5.41, 5.74) is 9.67. The van der Waals surface area contributed by atoms with E-state index >= 15 is 0 Å². The quantitative estimate of drug-likeness (QED) is 0.859. The van der Waals surface area contributed by atoms with E-state index in [1.807, 2.05) is 7.05 Å². The molecule has 0 amide bonds. The number of nitrogens with one attached hydrogen (secondary N) is 1. The molecule has 0 aromatic heterocycles. The fourth-order valence-electron chi connectivity index (χ4n) is 3.12. The minimum Gasteiger partial charge on any atom is -0.496 e. The first kappa shape index (κ1) is 13.4. The number of rotatable bonds is 4. The van der Waals surface area contributed by atoms with Gasteiger partial charge in [-0.25, -0.2) is 0 Å². The topological polar surface area (TPSA) is 47.3 Å². The first-order valence-corrected chi connectivity index (χ1v) is 6.64. The lowest BCUT2D eigenvalue weighted by Gasteiger charge is -2.39. The molecule has 3 nitrogen and oxygen atoms in total. The number of benzene rings is 1. The summed E-state index contributed by atoms with van der Waals surface area (Å²) in [4.78, 5) is 0. The van der Waals surface area contributed by atoms with Crippen LogP contribution in [0.1, 0.15) is 35.6 Å². The summed E-state index contributed by atoms with van der Waals surface area (Å²) in [7, 11) is 3.77. The van der Waals surface area contributed by atoms with E-state index in [4.69, 9.17) is 10.5 Å². The average Bonchev–Trinajstić information content (AvgIpc) is 2.27. The monoisotopic (exact) mass is 248 g/mol. The first-order chi connectivity index (χ1) is 8.56. The van der Waals surface area contributed by atoms with E-state index in [1.54, 1.807) is 7.11 Å². The van der Waals surface area contributed by atoms with E-state index in [9.17, 15) is 0 Å². The predicted molar refractivity (Wildman–Crippen MR) is 75.0 cm³/mol. The van der Waals surface area contributed by atoms with Gasteiger partial charge < -0.3 is 15.8 Å². The van der Waals surface area contributed by atoms with Crippen LogP contribution in [0.15, 0.2) is 12.1 Å². The van der Waals surface area contributed by atoms with Gasteiger partial charge in [0.2, 0.25) is 0 Å². The molecule has 0 bridgehead atoms. The maximum atomic E-state index is 5.91. The molecular formula is C15H24N2O. The highest BCUT2D eigenvalue weighted by Gasteiger charge is 2.34. The zero-order valence-corrected chi connectivity index (χ0v) is 11.8. The minimum absolute atomic E-state index is 0.346. The summed E-state index contributed by atoms with van der Waals surface area (Å²) in [6.45, 7) is 4.24. The standard InChI is InChI=1S/C15H24N2O/c1-9-5-10(2)15(18-4)13(6-9)14(17-3)11-7-12(16)8-11/h5-6,11-12,14,17H,7-8,16H2,1-4H3. The molecule has 1 fully saturated rings. The first-order valence-electron chi connectivity index (χ1n) is 6.64.